The fourth-order valence-corrected chi connectivity index (χ4v) is 2.16. The molecule has 0 atom stereocenters. The SMILES string of the molecule is N#Cc1nccnc1Sc1ccc(F)c(C(=O)O)c1. The maximum atomic E-state index is 13.2. The van der Waals surface area contributed by atoms with E-state index in [4.69, 9.17) is 10.4 Å². The van der Waals surface area contributed by atoms with Crippen LogP contribution in [0.2, 0.25) is 0 Å². The van der Waals surface area contributed by atoms with E-state index >= 15 is 0 Å². The summed E-state index contributed by atoms with van der Waals surface area (Å²) in [7, 11) is 0. The Morgan fingerprint density at radius 2 is 2.11 bits per heavy atom. The minimum atomic E-state index is -1.35. The summed E-state index contributed by atoms with van der Waals surface area (Å²) in [5.41, 5.74) is -0.291. The molecular weight excluding hydrogens is 269 g/mol. The molecule has 0 aliphatic carbocycles. The van der Waals surface area contributed by atoms with Crippen LogP contribution in [-0.2, 0) is 0 Å². The molecule has 19 heavy (non-hydrogen) atoms. The van der Waals surface area contributed by atoms with Gasteiger partial charge in [0.2, 0.25) is 0 Å². The second-order valence-corrected chi connectivity index (χ2v) is 4.43. The van der Waals surface area contributed by atoms with Crippen molar-refractivity contribution in [2.24, 2.45) is 0 Å². The average molecular weight is 275 g/mol. The Morgan fingerprint density at radius 1 is 1.37 bits per heavy atom. The van der Waals surface area contributed by atoms with Crippen LogP contribution < -0.4 is 0 Å². The van der Waals surface area contributed by atoms with Crippen LogP contribution in [0, 0.1) is 17.1 Å². The van der Waals surface area contributed by atoms with Gasteiger partial charge in [-0.25, -0.2) is 19.2 Å². The topological polar surface area (TPSA) is 86.9 Å². The van der Waals surface area contributed by atoms with Crippen molar-refractivity contribution in [3.8, 4) is 6.07 Å². The maximum Gasteiger partial charge on any atom is 0.338 e. The van der Waals surface area contributed by atoms with Crippen molar-refractivity contribution in [1.29, 1.82) is 5.26 Å². The van der Waals surface area contributed by atoms with Crippen LogP contribution in [0.3, 0.4) is 0 Å². The molecule has 0 unspecified atom stereocenters. The van der Waals surface area contributed by atoms with Gasteiger partial charge in [0.05, 0.1) is 5.56 Å². The molecule has 7 heteroatoms. The molecule has 1 aromatic carbocycles. The standard InChI is InChI=1S/C12H6FN3O2S/c13-9-2-1-7(5-8(9)12(17)18)19-11-10(6-14)15-3-4-16-11/h1-5H,(H,17,18). The van der Waals surface area contributed by atoms with E-state index in [1.807, 2.05) is 6.07 Å². The minimum absolute atomic E-state index is 0.133. The van der Waals surface area contributed by atoms with E-state index in [1.165, 1.54) is 24.5 Å². The Hall–Kier alpha value is -2.46. The molecule has 94 valence electrons. The summed E-state index contributed by atoms with van der Waals surface area (Å²) >= 11 is 1.05. The fourth-order valence-electron chi connectivity index (χ4n) is 1.32. The van der Waals surface area contributed by atoms with Gasteiger partial charge >= 0.3 is 5.97 Å². The highest BCUT2D eigenvalue weighted by atomic mass is 32.2. The molecule has 5 nitrogen and oxygen atoms in total. The Morgan fingerprint density at radius 3 is 2.79 bits per heavy atom. The van der Waals surface area contributed by atoms with Crippen LogP contribution in [0.25, 0.3) is 0 Å². The smallest absolute Gasteiger partial charge is 0.338 e. The molecule has 2 aromatic rings. The van der Waals surface area contributed by atoms with Crippen molar-refractivity contribution in [2.75, 3.05) is 0 Å². The highest BCUT2D eigenvalue weighted by Gasteiger charge is 2.13. The second kappa shape index (κ2) is 5.46. The van der Waals surface area contributed by atoms with Gasteiger partial charge in [-0.05, 0) is 18.2 Å². The highest BCUT2D eigenvalue weighted by Crippen LogP contribution is 2.28. The molecule has 0 bridgehead atoms. The number of aromatic carboxylic acids is 1. The predicted octanol–water partition coefficient (Wildman–Crippen LogP) is 2.34. The van der Waals surface area contributed by atoms with E-state index in [1.54, 1.807) is 0 Å². The molecule has 0 fully saturated rings. The molecule has 0 spiro atoms. The van der Waals surface area contributed by atoms with E-state index in [0.717, 1.165) is 17.8 Å². The molecular formula is C12H6FN3O2S. The first kappa shape index (κ1) is 13.0. The molecule has 0 aliphatic rings. The fraction of sp³-hybridized carbons (Fsp3) is 0. The Bertz CT molecular complexity index is 685. The highest BCUT2D eigenvalue weighted by molar-refractivity contribution is 7.99. The molecule has 0 radical (unpaired) electrons. The zero-order valence-electron chi connectivity index (χ0n) is 9.37. The molecule has 1 aromatic heterocycles. The van der Waals surface area contributed by atoms with Crippen molar-refractivity contribution < 1.29 is 14.3 Å². The Labute approximate surface area is 111 Å². The summed E-state index contributed by atoms with van der Waals surface area (Å²) in [6.45, 7) is 0. The van der Waals surface area contributed by atoms with Gasteiger partial charge in [0.1, 0.15) is 16.9 Å². The van der Waals surface area contributed by atoms with Crippen LogP contribution in [0.4, 0.5) is 4.39 Å². The molecule has 0 amide bonds. The molecule has 0 saturated carbocycles. The van der Waals surface area contributed by atoms with Gasteiger partial charge in [-0.2, -0.15) is 5.26 Å². The van der Waals surface area contributed by atoms with Gasteiger partial charge in [-0.1, -0.05) is 11.8 Å². The van der Waals surface area contributed by atoms with Crippen molar-refractivity contribution in [2.45, 2.75) is 9.92 Å². The minimum Gasteiger partial charge on any atom is -0.478 e. The zero-order chi connectivity index (χ0) is 13.8. The number of carbonyl (C=O) groups is 1. The quantitative estimate of drug-likeness (QED) is 0.925. The number of halogens is 1. The number of rotatable bonds is 3. The third kappa shape index (κ3) is 2.86. The number of nitriles is 1. The van der Waals surface area contributed by atoms with Gasteiger partial charge in [0.15, 0.2) is 5.69 Å². The van der Waals surface area contributed by atoms with E-state index in [0.29, 0.717) is 9.92 Å². The number of hydrogen-bond donors (Lipinski definition) is 1. The lowest BCUT2D eigenvalue weighted by Gasteiger charge is -2.03. The molecule has 2 rings (SSSR count). The summed E-state index contributed by atoms with van der Waals surface area (Å²) in [6.07, 6.45) is 2.81. The lowest BCUT2D eigenvalue weighted by atomic mass is 10.2. The van der Waals surface area contributed by atoms with Gasteiger partial charge < -0.3 is 5.11 Å². The first-order valence-electron chi connectivity index (χ1n) is 5.03. The molecule has 1 N–H and O–H groups in total. The summed E-state index contributed by atoms with van der Waals surface area (Å²) in [5, 5.41) is 18.0. The monoisotopic (exact) mass is 275 g/mol. The van der Waals surface area contributed by atoms with Gasteiger partial charge in [0.25, 0.3) is 0 Å². The first-order valence-corrected chi connectivity index (χ1v) is 5.85. The number of carboxylic acid groups (broad SMARTS) is 1. The van der Waals surface area contributed by atoms with Crippen molar-refractivity contribution in [3.63, 3.8) is 0 Å². The van der Waals surface area contributed by atoms with Crippen molar-refractivity contribution in [3.05, 3.63) is 47.7 Å². The number of aromatic nitrogens is 2. The van der Waals surface area contributed by atoms with Crippen LogP contribution in [0.15, 0.2) is 40.5 Å². The van der Waals surface area contributed by atoms with E-state index < -0.39 is 17.3 Å². The average Bonchev–Trinajstić information content (AvgIpc) is 2.41. The maximum absolute atomic E-state index is 13.2. The van der Waals surface area contributed by atoms with Crippen LogP contribution in [0.1, 0.15) is 16.1 Å². The Kier molecular flexibility index (Phi) is 3.73. The number of nitrogens with zero attached hydrogens (tertiary/aromatic N) is 3. The van der Waals surface area contributed by atoms with Gasteiger partial charge in [-0.3, -0.25) is 0 Å². The number of benzene rings is 1. The third-order valence-corrected chi connectivity index (χ3v) is 3.14. The second-order valence-electron chi connectivity index (χ2n) is 3.37. The van der Waals surface area contributed by atoms with Crippen LogP contribution >= 0.6 is 11.8 Å². The summed E-state index contributed by atoms with van der Waals surface area (Å²) < 4.78 is 13.2. The van der Waals surface area contributed by atoms with E-state index in [9.17, 15) is 9.18 Å². The zero-order valence-corrected chi connectivity index (χ0v) is 10.2. The van der Waals surface area contributed by atoms with Crippen molar-refractivity contribution in [1.82, 2.24) is 9.97 Å². The van der Waals surface area contributed by atoms with E-state index in [2.05, 4.69) is 9.97 Å². The third-order valence-electron chi connectivity index (χ3n) is 2.15. The lowest BCUT2D eigenvalue weighted by molar-refractivity contribution is 0.0691. The molecule has 0 aliphatic heterocycles. The van der Waals surface area contributed by atoms with Crippen molar-refractivity contribution >= 4 is 17.7 Å². The molecule has 0 saturated heterocycles. The molecule has 1 heterocycles. The first-order chi connectivity index (χ1) is 9.11. The summed E-state index contributed by atoms with van der Waals surface area (Å²) in [5.74, 6) is -2.16. The van der Waals surface area contributed by atoms with Gasteiger partial charge in [0, 0.05) is 17.3 Å². The lowest BCUT2D eigenvalue weighted by Crippen LogP contribution is -2.00. The van der Waals surface area contributed by atoms with Crippen LogP contribution in [-0.4, -0.2) is 21.0 Å². The van der Waals surface area contributed by atoms with Gasteiger partial charge in [-0.15, -0.1) is 0 Å². The number of carboxylic acids is 1. The Balaban J connectivity index is 2.37. The normalized spacial score (nSPS) is 9.89. The summed E-state index contributed by atoms with van der Waals surface area (Å²) in [6, 6.07) is 5.55. The predicted molar refractivity (Wildman–Crippen MR) is 64.2 cm³/mol. The largest absolute Gasteiger partial charge is 0.478 e. The van der Waals surface area contributed by atoms with Crippen LogP contribution in [0.5, 0.6) is 0 Å². The van der Waals surface area contributed by atoms with E-state index in [-0.39, 0.29) is 5.69 Å². The number of hydrogen-bond acceptors (Lipinski definition) is 5. The summed E-state index contributed by atoms with van der Waals surface area (Å²) in [4.78, 5) is 19.1.